The van der Waals surface area contributed by atoms with Gasteiger partial charge in [0.25, 0.3) is 0 Å². The van der Waals surface area contributed by atoms with Gasteiger partial charge in [0.05, 0.1) is 29.1 Å². The van der Waals surface area contributed by atoms with Crippen molar-refractivity contribution in [3.8, 4) is 0 Å². The number of morpholine rings is 1. The van der Waals surface area contributed by atoms with Crippen molar-refractivity contribution in [3.63, 3.8) is 0 Å². The molecule has 0 aliphatic carbocycles. The number of hydrogen-bond acceptors (Lipinski definition) is 4. The number of carboxylic acids is 1. The lowest BCUT2D eigenvalue weighted by Crippen LogP contribution is -2.48. The minimum Gasteiger partial charge on any atom is -0.478 e. The first kappa shape index (κ1) is 12.7. The van der Waals surface area contributed by atoms with Gasteiger partial charge in [0.1, 0.15) is 0 Å². The lowest BCUT2D eigenvalue weighted by atomic mass is 10.1. The van der Waals surface area contributed by atoms with Crippen LogP contribution < -0.4 is 10.6 Å². The quantitative estimate of drug-likeness (QED) is 0.779. The first-order valence-electron chi connectivity index (χ1n) is 5.91. The topological polar surface area (TPSA) is 75.8 Å². The number of nitrogens with zero attached hydrogens (tertiary/aromatic N) is 1. The van der Waals surface area contributed by atoms with Crippen molar-refractivity contribution in [2.75, 3.05) is 30.3 Å². The highest BCUT2D eigenvalue weighted by Crippen LogP contribution is 2.29. The zero-order valence-electron chi connectivity index (χ0n) is 10.6. The first-order chi connectivity index (χ1) is 8.39. The molecule has 0 amide bonds. The highest BCUT2D eigenvalue weighted by atomic mass is 16.5. The summed E-state index contributed by atoms with van der Waals surface area (Å²) in [6.45, 7) is 6.05. The van der Waals surface area contributed by atoms with Crippen LogP contribution in [0.4, 0.5) is 11.4 Å². The Bertz CT molecular complexity index is 471. The molecule has 1 saturated heterocycles. The standard InChI is InChI=1S/C13H18N2O3/c1-13(2)8-15(5-6-18-13)11-7-9(12(16)17)3-4-10(11)14/h3-4,7H,5-6,8,14H2,1-2H3,(H,16,17). The Balaban J connectivity index is 2.32. The molecule has 1 aliphatic rings. The Labute approximate surface area is 106 Å². The second-order valence-electron chi connectivity index (χ2n) is 5.11. The summed E-state index contributed by atoms with van der Waals surface area (Å²) in [7, 11) is 0. The second-order valence-corrected chi connectivity index (χ2v) is 5.11. The maximum Gasteiger partial charge on any atom is 0.335 e. The lowest BCUT2D eigenvalue weighted by molar-refractivity contribution is -0.0276. The van der Waals surface area contributed by atoms with Crippen LogP contribution in [-0.4, -0.2) is 36.4 Å². The van der Waals surface area contributed by atoms with E-state index in [9.17, 15) is 4.79 Å². The summed E-state index contributed by atoms with van der Waals surface area (Å²) in [6, 6.07) is 4.78. The number of ether oxygens (including phenoxy) is 1. The number of carboxylic acid groups (broad SMARTS) is 1. The molecule has 0 aromatic heterocycles. The number of benzene rings is 1. The SMILES string of the molecule is CC1(C)CN(c2cc(C(=O)O)ccc2N)CCO1. The van der Waals surface area contributed by atoms with Gasteiger partial charge < -0.3 is 20.5 Å². The van der Waals surface area contributed by atoms with Crippen LogP contribution in [0.5, 0.6) is 0 Å². The van der Waals surface area contributed by atoms with Gasteiger partial charge in [0.15, 0.2) is 0 Å². The molecule has 0 spiro atoms. The minimum atomic E-state index is -0.941. The van der Waals surface area contributed by atoms with Gasteiger partial charge >= 0.3 is 5.97 Å². The second kappa shape index (κ2) is 4.49. The van der Waals surface area contributed by atoms with Crippen LogP contribution in [0.3, 0.4) is 0 Å². The summed E-state index contributed by atoms with van der Waals surface area (Å²) in [6.07, 6.45) is 0. The Hall–Kier alpha value is -1.75. The maximum atomic E-state index is 11.0. The molecule has 2 rings (SSSR count). The van der Waals surface area contributed by atoms with E-state index in [0.29, 0.717) is 18.8 Å². The van der Waals surface area contributed by atoms with Crippen molar-refractivity contribution in [2.24, 2.45) is 0 Å². The summed E-state index contributed by atoms with van der Waals surface area (Å²) >= 11 is 0. The molecule has 1 aliphatic heterocycles. The summed E-state index contributed by atoms with van der Waals surface area (Å²) in [5.41, 5.74) is 7.31. The van der Waals surface area contributed by atoms with E-state index in [1.54, 1.807) is 12.1 Å². The molecule has 0 atom stereocenters. The van der Waals surface area contributed by atoms with Gasteiger partial charge in [-0.3, -0.25) is 0 Å². The molecule has 0 bridgehead atoms. The van der Waals surface area contributed by atoms with Gasteiger partial charge in [-0.05, 0) is 32.0 Å². The van der Waals surface area contributed by atoms with Gasteiger partial charge in [-0.15, -0.1) is 0 Å². The molecule has 1 aromatic carbocycles. The van der Waals surface area contributed by atoms with Crippen LogP contribution in [-0.2, 0) is 4.74 Å². The molecular formula is C13H18N2O3. The monoisotopic (exact) mass is 250 g/mol. The van der Waals surface area contributed by atoms with Gasteiger partial charge in [0, 0.05) is 13.1 Å². The zero-order chi connectivity index (χ0) is 13.3. The van der Waals surface area contributed by atoms with Crippen molar-refractivity contribution >= 4 is 17.3 Å². The number of hydrogen-bond donors (Lipinski definition) is 2. The minimum absolute atomic E-state index is 0.246. The third kappa shape index (κ3) is 2.56. The molecule has 0 saturated carbocycles. The van der Waals surface area contributed by atoms with Crippen LogP contribution in [0.15, 0.2) is 18.2 Å². The van der Waals surface area contributed by atoms with Gasteiger partial charge in [-0.2, -0.15) is 0 Å². The van der Waals surface area contributed by atoms with E-state index in [1.807, 2.05) is 13.8 Å². The summed E-state index contributed by atoms with van der Waals surface area (Å²) < 4.78 is 5.64. The van der Waals surface area contributed by atoms with Crippen molar-refractivity contribution in [1.82, 2.24) is 0 Å². The fourth-order valence-corrected chi connectivity index (χ4v) is 2.17. The smallest absolute Gasteiger partial charge is 0.335 e. The average Bonchev–Trinajstić information content (AvgIpc) is 2.27. The van der Waals surface area contributed by atoms with Gasteiger partial charge in [0.2, 0.25) is 0 Å². The van der Waals surface area contributed by atoms with Crippen LogP contribution >= 0.6 is 0 Å². The summed E-state index contributed by atoms with van der Waals surface area (Å²) in [5.74, 6) is -0.941. The van der Waals surface area contributed by atoms with Crippen molar-refractivity contribution < 1.29 is 14.6 Å². The van der Waals surface area contributed by atoms with Crippen molar-refractivity contribution in [1.29, 1.82) is 0 Å². The van der Waals surface area contributed by atoms with E-state index in [4.69, 9.17) is 15.6 Å². The Kier molecular flexibility index (Phi) is 3.17. The first-order valence-corrected chi connectivity index (χ1v) is 5.91. The van der Waals surface area contributed by atoms with Crippen LogP contribution in [0.25, 0.3) is 0 Å². The molecule has 1 aromatic rings. The molecular weight excluding hydrogens is 232 g/mol. The Morgan fingerprint density at radius 2 is 2.22 bits per heavy atom. The average molecular weight is 250 g/mol. The maximum absolute atomic E-state index is 11.0. The fourth-order valence-electron chi connectivity index (χ4n) is 2.17. The molecule has 5 nitrogen and oxygen atoms in total. The van der Waals surface area contributed by atoms with Gasteiger partial charge in [-0.1, -0.05) is 0 Å². The lowest BCUT2D eigenvalue weighted by Gasteiger charge is -2.40. The number of rotatable bonds is 2. The Morgan fingerprint density at radius 3 is 2.83 bits per heavy atom. The number of anilines is 2. The molecule has 5 heteroatoms. The van der Waals surface area contributed by atoms with Crippen LogP contribution in [0, 0.1) is 0 Å². The highest BCUT2D eigenvalue weighted by molar-refractivity contribution is 5.90. The van der Waals surface area contributed by atoms with E-state index >= 15 is 0 Å². The number of nitrogen functional groups attached to an aromatic ring is 1. The van der Waals surface area contributed by atoms with Crippen molar-refractivity contribution in [2.45, 2.75) is 19.4 Å². The molecule has 3 N–H and O–H groups in total. The normalized spacial score (nSPS) is 18.7. The molecule has 98 valence electrons. The van der Waals surface area contributed by atoms with E-state index in [0.717, 1.165) is 12.2 Å². The third-order valence-electron chi connectivity index (χ3n) is 3.04. The predicted octanol–water partition coefficient (Wildman–Crippen LogP) is 1.58. The molecule has 1 heterocycles. The Morgan fingerprint density at radius 1 is 1.50 bits per heavy atom. The zero-order valence-corrected chi connectivity index (χ0v) is 10.6. The fraction of sp³-hybridized carbons (Fsp3) is 0.462. The molecule has 0 unspecified atom stereocenters. The molecule has 0 radical (unpaired) electrons. The van der Waals surface area contributed by atoms with Crippen molar-refractivity contribution in [3.05, 3.63) is 23.8 Å². The van der Waals surface area contributed by atoms with E-state index in [1.165, 1.54) is 6.07 Å². The predicted molar refractivity (Wildman–Crippen MR) is 70.1 cm³/mol. The summed E-state index contributed by atoms with van der Waals surface area (Å²) in [5, 5.41) is 9.02. The molecule has 1 fully saturated rings. The number of aromatic carboxylic acids is 1. The van der Waals surface area contributed by atoms with Crippen LogP contribution in [0.1, 0.15) is 24.2 Å². The highest BCUT2D eigenvalue weighted by Gasteiger charge is 2.28. The van der Waals surface area contributed by atoms with Gasteiger partial charge in [-0.25, -0.2) is 4.79 Å². The van der Waals surface area contributed by atoms with E-state index in [2.05, 4.69) is 4.90 Å². The largest absolute Gasteiger partial charge is 0.478 e. The third-order valence-corrected chi connectivity index (χ3v) is 3.04. The number of carbonyl (C=O) groups is 1. The molecule has 18 heavy (non-hydrogen) atoms. The summed E-state index contributed by atoms with van der Waals surface area (Å²) in [4.78, 5) is 13.1. The number of nitrogens with two attached hydrogens (primary N) is 1. The van der Waals surface area contributed by atoms with E-state index in [-0.39, 0.29) is 11.2 Å². The van der Waals surface area contributed by atoms with E-state index < -0.39 is 5.97 Å². The van der Waals surface area contributed by atoms with Crippen LogP contribution in [0.2, 0.25) is 0 Å².